The number of hydrogen-bond acceptors (Lipinski definition) is 4. The summed E-state index contributed by atoms with van der Waals surface area (Å²) in [5.41, 5.74) is 4.05. The number of nitrogens with zero attached hydrogens (tertiary/aromatic N) is 3. The van der Waals surface area contributed by atoms with Crippen molar-refractivity contribution in [2.45, 2.75) is 51.7 Å². The van der Waals surface area contributed by atoms with Gasteiger partial charge in [0.15, 0.2) is 5.78 Å². The summed E-state index contributed by atoms with van der Waals surface area (Å²) in [7, 11) is 0. The van der Waals surface area contributed by atoms with E-state index in [-0.39, 0.29) is 0 Å². The van der Waals surface area contributed by atoms with E-state index in [9.17, 15) is 23.1 Å². The smallest absolute Gasteiger partial charge is 0.295 e. The number of alkyl halides is 3. The Kier molecular flexibility index (Phi) is 8.38. The van der Waals surface area contributed by atoms with Crippen molar-refractivity contribution in [1.82, 2.24) is 14.8 Å². The third-order valence-corrected chi connectivity index (χ3v) is 5.59. The van der Waals surface area contributed by atoms with Gasteiger partial charge in [-0.05, 0) is 49.9 Å². The summed E-state index contributed by atoms with van der Waals surface area (Å²) < 4.78 is 40.1. The molecule has 0 fully saturated rings. The summed E-state index contributed by atoms with van der Waals surface area (Å²) in [6.45, 7) is 3.10. The number of carbonyl (C=O) groups excluding carboxylic acids is 1. The molecule has 8 heteroatoms. The van der Waals surface area contributed by atoms with Gasteiger partial charge < -0.3 is 5.11 Å². The Hall–Kier alpha value is -3.00. The van der Waals surface area contributed by atoms with Crippen LogP contribution in [0.25, 0.3) is 11.1 Å². The van der Waals surface area contributed by atoms with Crippen molar-refractivity contribution in [3.05, 3.63) is 71.8 Å². The van der Waals surface area contributed by atoms with Gasteiger partial charge >= 0.3 is 0 Å². The van der Waals surface area contributed by atoms with Crippen LogP contribution in [0.1, 0.15) is 49.4 Å². The Morgan fingerprint density at radius 3 is 2.21 bits per heavy atom. The van der Waals surface area contributed by atoms with Gasteiger partial charge in [0, 0.05) is 42.0 Å². The van der Waals surface area contributed by atoms with Gasteiger partial charge in [0.05, 0.1) is 18.5 Å². The van der Waals surface area contributed by atoms with E-state index in [0.29, 0.717) is 11.6 Å². The van der Waals surface area contributed by atoms with E-state index in [2.05, 4.69) is 23.9 Å². The van der Waals surface area contributed by atoms with Crippen LogP contribution in [0.3, 0.4) is 0 Å². The molecule has 0 radical (unpaired) electrons. The fourth-order valence-corrected chi connectivity index (χ4v) is 3.54. The number of aromatic nitrogens is 3. The van der Waals surface area contributed by atoms with Crippen LogP contribution < -0.4 is 0 Å². The first kappa shape index (κ1) is 24.6. The highest BCUT2D eigenvalue weighted by molar-refractivity contribution is 5.81. The molecule has 1 N–H and O–H groups in total. The number of halogens is 3. The average Bonchev–Trinajstić information content (AvgIpc) is 3.30. The predicted molar refractivity (Wildman–Crippen MR) is 120 cm³/mol. The SMILES string of the molecule is CC(C)n1ccc(CCc2ccc(-c3ccc([C@@H](O)[C@@H](CF)CC(=O)C(F)F)cc3)cn2)n1. The van der Waals surface area contributed by atoms with Crippen LogP contribution in [0.4, 0.5) is 13.2 Å². The van der Waals surface area contributed by atoms with Crippen molar-refractivity contribution in [3.63, 3.8) is 0 Å². The zero-order valence-electron chi connectivity index (χ0n) is 18.7. The number of rotatable bonds is 11. The van der Waals surface area contributed by atoms with Gasteiger partial charge in [-0.25, -0.2) is 8.78 Å². The lowest BCUT2D eigenvalue weighted by Crippen LogP contribution is -2.22. The number of aliphatic hydroxyl groups excluding tert-OH is 1. The fourth-order valence-electron chi connectivity index (χ4n) is 3.54. The second kappa shape index (κ2) is 11.2. The Labute approximate surface area is 191 Å². The van der Waals surface area contributed by atoms with Gasteiger partial charge in [-0.2, -0.15) is 5.10 Å². The third-order valence-electron chi connectivity index (χ3n) is 5.59. The molecule has 176 valence electrons. The largest absolute Gasteiger partial charge is 0.388 e. The molecular formula is C25H28F3N3O2. The van der Waals surface area contributed by atoms with Gasteiger partial charge in [0.2, 0.25) is 0 Å². The third kappa shape index (κ3) is 6.51. The molecule has 5 nitrogen and oxygen atoms in total. The van der Waals surface area contributed by atoms with Crippen molar-refractivity contribution >= 4 is 5.78 Å². The minimum Gasteiger partial charge on any atom is -0.388 e. The lowest BCUT2D eigenvalue weighted by molar-refractivity contribution is -0.131. The predicted octanol–water partition coefficient (Wildman–Crippen LogP) is 5.15. The second-order valence-corrected chi connectivity index (χ2v) is 8.37. The molecule has 2 atom stereocenters. The second-order valence-electron chi connectivity index (χ2n) is 8.37. The number of hydrogen-bond donors (Lipinski definition) is 1. The summed E-state index contributed by atoms with van der Waals surface area (Å²) in [6, 6.07) is 12.9. The molecule has 33 heavy (non-hydrogen) atoms. The summed E-state index contributed by atoms with van der Waals surface area (Å²) in [5.74, 6) is -2.57. The molecule has 2 aromatic heterocycles. The van der Waals surface area contributed by atoms with Gasteiger partial charge in [0.25, 0.3) is 6.43 Å². The number of aryl methyl sites for hydroxylation is 2. The minimum atomic E-state index is -3.17. The number of benzene rings is 1. The molecule has 0 aliphatic rings. The zero-order valence-corrected chi connectivity index (χ0v) is 18.7. The minimum absolute atomic E-state index is 0.326. The number of carbonyl (C=O) groups is 1. The molecule has 3 rings (SSSR count). The zero-order chi connectivity index (χ0) is 24.0. The van der Waals surface area contributed by atoms with E-state index in [1.165, 1.54) is 0 Å². The first-order chi connectivity index (χ1) is 15.8. The van der Waals surface area contributed by atoms with Crippen molar-refractivity contribution in [1.29, 1.82) is 0 Å². The van der Waals surface area contributed by atoms with E-state index < -0.39 is 37.3 Å². The standard InChI is InChI=1S/C25H28F3N3O2/c1-16(2)31-12-11-22(30-31)10-9-21-8-7-19(15-29-21)17-3-5-18(6-4-17)24(33)20(14-26)13-23(32)25(27)28/h3-8,11-12,15-16,20,24-25,33H,9-10,13-14H2,1-2H3/t20-,24-/m1/s1. The molecule has 3 aromatic rings. The van der Waals surface area contributed by atoms with Crippen LogP contribution in [0.15, 0.2) is 54.9 Å². The average molecular weight is 460 g/mol. The van der Waals surface area contributed by atoms with Gasteiger partial charge in [0.1, 0.15) is 0 Å². The molecule has 0 aliphatic heterocycles. The Morgan fingerprint density at radius 2 is 1.67 bits per heavy atom. The molecule has 0 bridgehead atoms. The molecule has 1 aromatic carbocycles. The van der Waals surface area contributed by atoms with Crippen LogP contribution in [0, 0.1) is 5.92 Å². The summed E-state index contributed by atoms with van der Waals surface area (Å²) in [6.07, 6.45) is 0.0845. The van der Waals surface area contributed by atoms with E-state index in [1.807, 2.05) is 29.1 Å². The van der Waals surface area contributed by atoms with Gasteiger partial charge in [-0.3, -0.25) is 18.9 Å². The molecule has 0 amide bonds. The van der Waals surface area contributed by atoms with Gasteiger partial charge in [-0.15, -0.1) is 0 Å². The maximum atomic E-state index is 13.2. The van der Waals surface area contributed by atoms with Crippen molar-refractivity contribution in [3.8, 4) is 11.1 Å². The van der Waals surface area contributed by atoms with E-state index in [0.717, 1.165) is 35.4 Å². The Morgan fingerprint density at radius 1 is 1.00 bits per heavy atom. The normalized spacial score (nSPS) is 13.5. The monoisotopic (exact) mass is 459 g/mol. The highest BCUT2D eigenvalue weighted by atomic mass is 19.3. The van der Waals surface area contributed by atoms with Crippen LogP contribution >= 0.6 is 0 Å². The van der Waals surface area contributed by atoms with Crippen molar-refractivity contribution < 1.29 is 23.1 Å². The number of Topliss-reactive ketones (excluding diaryl/α,β-unsaturated/α-hetero) is 1. The first-order valence-corrected chi connectivity index (χ1v) is 10.9. The quantitative estimate of drug-likeness (QED) is 0.430. The summed E-state index contributed by atoms with van der Waals surface area (Å²) >= 11 is 0. The molecule has 0 spiro atoms. The lowest BCUT2D eigenvalue weighted by Gasteiger charge is -2.20. The molecular weight excluding hydrogens is 431 g/mol. The highest BCUT2D eigenvalue weighted by Crippen LogP contribution is 2.28. The molecule has 0 saturated heterocycles. The number of pyridine rings is 1. The topological polar surface area (TPSA) is 68.0 Å². The maximum absolute atomic E-state index is 13.2. The molecule has 0 saturated carbocycles. The van der Waals surface area contributed by atoms with E-state index in [4.69, 9.17) is 0 Å². The number of ketones is 1. The Bertz CT molecular complexity index is 1030. The van der Waals surface area contributed by atoms with Crippen LogP contribution in [0.5, 0.6) is 0 Å². The maximum Gasteiger partial charge on any atom is 0.295 e. The van der Waals surface area contributed by atoms with E-state index in [1.54, 1.807) is 30.5 Å². The highest BCUT2D eigenvalue weighted by Gasteiger charge is 2.27. The van der Waals surface area contributed by atoms with Crippen molar-refractivity contribution in [2.75, 3.05) is 6.67 Å². The fraction of sp³-hybridized carbons (Fsp3) is 0.400. The van der Waals surface area contributed by atoms with Gasteiger partial charge in [-0.1, -0.05) is 30.3 Å². The first-order valence-electron chi connectivity index (χ1n) is 10.9. The summed E-state index contributed by atoms with van der Waals surface area (Å²) in [5, 5.41) is 14.9. The van der Waals surface area contributed by atoms with Crippen LogP contribution in [-0.4, -0.2) is 38.8 Å². The molecule has 2 heterocycles. The Balaban J connectivity index is 1.61. The lowest BCUT2D eigenvalue weighted by atomic mass is 9.91. The van der Waals surface area contributed by atoms with Crippen LogP contribution in [-0.2, 0) is 17.6 Å². The summed E-state index contributed by atoms with van der Waals surface area (Å²) in [4.78, 5) is 15.7. The molecule has 0 aliphatic carbocycles. The van der Waals surface area contributed by atoms with E-state index >= 15 is 0 Å². The number of aliphatic hydroxyl groups is 1. The molecule has 0 unspecified atom stereocenters. The van der Waals surface area contributed by atoms with Crippen molar-refractivity contribution in [2.24, 2.45) is 5.92 Å². The van der Waals surface area contributed by atoms with Crippen LogP contribution in [0.2, 0.25) is 0 Å².